The molecule has 0 atom stereocenters. The number of hydrogen-bond donors (Lipinski definition) is 1. The molecule has 122 valence electrons. The quantitative estimate of drug-likeness (QED) is 0.668. The fourth-order valence-corrected chi connectivity index (χ4v) is 4.06. The van der Waals surface area contributed by atoms with Crippen LogP contribution in [0.2, 0.25) is 0 Å². The van der Waals surface area contributed by atoms with Crippen molar-refractivity contribution in [1.29, 1.82) is 0 Å². The Bertz CT molecular complexity index is 860. The Hall–Kier alpha value is -2.41. The zero-order chi connectivity index (χ0) is 17.2. The van der Waals surface area contributed by atoms with Crippen molar-refractivity contribution < 1.29 is 13.3 Å². The third kappa shape index (κ3) is 3.34. The second kappa shape index (κ2) is 6.37. The molecule has 7 heteroatoms. The first-order chi connectivity index (χ1) is 10.8. The summed E-state index contributed by atoms with van der Waals surface area (Å²) in [5.74, 6) is 0. The smallest absolute Gasteiger partial charge is 0.279 e. The molecule has 0 spiro atoms. The van der Waals surface area contributed by atoms with E-state index in [1.165, 1.54) is 12.1 Å². The molecule has 0 aliphatic rings. The van der Waals surface area contributed by atoms with Crippen molar-refractivity contribution in [3.8, 4) is 0 Å². The van der Waals surface area contributed by atoms with Gasteiger partial charge in [0, 0.05) is 6.07 Å². The maximum atomic E-state index is 12.8. The van der Waals surface area contributed by atoms with E-state index in [1.807, 2.05) is 19.1 Å². The van der Waals surface area contributed by atoms with Crippen LogP contribution in [0.1, 0.15) is 23.6 Å². The van der Waals surface area contributed by atoms with E-state index in [9.17, 15) is 18.5 Å². The van der Waals surface area contributed by atoms with Crippen molar-refractivity contribution >= 4 is 21.4 Å². The molecule has 23 heavy (non-hydrogen) atoms. The van der Waals surface area contributed by atoms with Crippen LogP contribution < -0.4 is 4.72 Å². The number of nitrogens with one attached hydrogen (secondary N) is 1. The highest BCUT2D eigenvalue weighted by molar-refractivity contribution is 7.93. The first-order valence-corrected chi connectivity index (χ1v) is 8.61. The number of nitro benzene ring substituents is 1. The van der Waals surface area contributed by atoms with Crippen LogP contribution in [0.25, 0.3) is 0 Å². The molecule has 0 heterocycles. The van der Waals surface area contributed by atoms with Gasteiger partial charge in [0.25, 0.3) is 15.7 Å². The summed E-state index contributed by atoms with van der Waals surface area (Å²) in [7, 11) is -4.07. The first-order valence-electron chi connectivity index (χ1n) is 7.13. The SMILES string of the molecule is CCc1cccc(C)c1NS(=O)(=O)c1c(C)cccc1[N+](=O)[O-]. The number of para-hydroxylation sites is 1. The maximum Gasteiger partial charge on any atom is 0.290 e. The molecule has 0 fully saturated rings. The summed E-state index contributed by atoms with van der Waals surface area (Å²) in [6.07, 6.45) is 0.648. The van der Waals surface area contributed by atoms with Gasteiger partial charge in [-0.1, -0.05) is 37.3 Å². The monoisotopic (exact) mass is 334 g/mol. The summed E-state index contributed by atoms with van der Waals surface area (Å²) in [6, 6.07) is 9.68. The van der Waals surface area contributed by atoms with Gasteiger partial charge in [0.05, 0.1) is 10.6 Å². The van der Waals surface area contributed by atoms with Gasteiger partial charge >= 0.3 is 0 Å². The molecule has 0 radical (unpaired) electrons. The summed E-state index contributed by atoms with van der Waals surface area (Å²) in [6.45, 7) is 5.26. The molecule has 2 aromatic carbocycles. The van der Waals surface area contributed by atoms with Crippen LogP contribution in [-0.2, 0) is 16.4 Å². The van der Waals surface area contributed by atoms with Gasteiger partial charge in [-0.25, -0.2) is 8.42 Å². The van der Waals surface area contributed by atoms with Gasteiger partial charge in [-0.15, -0.1) is 0 Å². The number of nitro groups is 1. The van der Waals surface area contributed by atoms with E-state index >= 15 is 0 Å². The third-order valence-electron chi connectivity index (χ3n) is 3.63. The Balaban J connectivity index is 2.60. The van der Waals surface area contributed by atoms with Gasteiger partial charge < -0.3 is 0 Å². The van der Waals surface area contributed by atoms with Crippen LogP contribution in [0.15, 0.2) is 41.3 Å². The fourth-order valence-electron chi connectivity index (χ4n) is 2.48. The van der Waals surface area contributed by atoms with Crippen molar-refractivity contribution in [2.24, 2.45) is 0 Å². The molecule has 1 N–H and O–H groups in total. The topological polar surface area (TPSA) is 89.3 Å². The Morgan fingerprint density at radius 1 is 1.09 bits per heavy atom. The minimum Gasteiger partial charge on any atom is -0.279 e. The Morgan fingerprint density at radius 3 is 2.30 bits per heavy atom. The molecule has 0 aliphatic heterocycles. The number of rotatable bonds is 5. The lowest BCUT2D eigenvalue weighted by Gasteiger charge is -2.15. The molecule has 0 unspecified atom stereocenters. The van der Waals surface area contributed by atoms with E-state index in [-0.39, 0.29) is 4.90 Å². The van der Waals surface area contributed by atoms with Crippen molar-refractivity contribution in [1.82, 2.24) is 0 Å². The van der Waals surface area contributed by atoms with Crippen LogP contribution >= 0.6 is 0 Å². The average molecular weight is 334 g/mol. The fraction of sp³-hybridized carbons (Fsp3) is 0.250. The Kier molecular flexibility index (Phi) is 4.70. The van der Waals surface area contributed by atoms with Crippen LogP contribution in [0.4, 0.5) is 11.4 Å². The number of sulfonamides is 1. The lowest BCUT2D eigenvalue weighted by Crippen LogP contribution is -2.17. The highest BCUT2D eigenvalue weighted by Crippen LogP contribution is 2.30. The van der Waals surface area contributed by atoms with E-state index in [0.29, 0.717) is 17.7 Å². The number of aryl methyl sites for hydroxylation is 3. The highest BCUT2D eigenvalue weighted by Gasteiger charge is 2.28. The summed E-state index contributed by atoms with van der Waals surface area (Å²) >= 11 is 0. The van der Waals surface area contributed by atoms with Gasteiger partial charge in [-0.3, -0.25) is 14.8 Å². The second-order valence-corrected chi connectivity index (χ2v) is 6.87. The molecule has 0 saturated heterocycles. The lowest BCUT2D eigenvalue weighted by molar-refractivity contribution is -0.387. The molecule has 0 aliphatic carbocycles. The van der Waals surface area contributed by atoms with Gasteiger partial charge in [-0.2, -0.15) is 0 Å². The van der Waals surface area contributed by atoms with E-state index < -0.39 is 20.6 Å². The summed E-state index contributed by atoms with van der Waals surface area (Å²) in [5.41, 5.74) is 1.99. The largest absolute Gasteiger partial charge is 0.290 e. The standard InChI is InChI=1S/C16H18N2O4S/c1-4-13-9-5-7-11(2)15(13)17-23(21,22)16-12(3)8-6-10-14(16)18(19)20/h5-10,17H,4H2,1-3H3. The van der Waals surface area contributed by atoms with Gasteiger partial charge in [0.2, 0.25) is 0 Å². The molecule has 0 saturated carbocycles. The molecule has 2 rings (SSSR count). The number of hydrogen-bond acceptors (Lipinski definition) is 4. The van der Waals surface area contributed by atoms with Crippen LogP contribution in [0.3, 0.4) is 0 Å². The zero-order valence-electron chi connectivity index (χ0n) is 13.2. The molecule has 6 nitrogen and oxygen atoms in total. The zero-order valence-corrected chi connectivity index (χ0v) is 14.0. The van der Waals surface area contributed by atoms with Gasteiger partial charge in [0.15, 0.2) is 4.90 Å². The third-order valence-corrected chi connectivity index (χ3v) is 5.17. The van der Waals surface area contributed by atoms with E-state index in [2.05, 4.69) is 4.72 Å². The Labute approximate surface area is 135 Å². The summed E-state index contributed by atoms with van der Waals surface area (Å²) in [4.78, 5) is 10.2. The second-order valence-electron chi connectivity index (χ2n) is 5.25. The maximum absolute atomic E-state index is 12.8. The normalized spacial score (nSPS) is 11.3. The van der Waals surface area contributed by atoms with Crippen molar-refractivity contribution in [3.63, 3.8) is 0 Å². The average Bonchev–Trinajstić information content (AvgIpc) is 2.48. The van der Waals surface area contributed by atoms with Crippen molar-refractivity contribution in [2.75, 3.05) is 4.72 Å². The molecular formula is C16H18N2O4S. The number of anilines is 1. The number of nitrogens with zero attached hydrogens (tertiary/aromatic N) is 1. The van der Waals surface area contributed by atoms with Crippen molar-refractivity contribution in [2.45, 2.75) is 32.1 Å². The number of benzene rings is 2. The summed E-state index contributed by atoms with van der Waals surface area (Å²) < 4.78 is 28.0. The van der Waals surface area contributed by atoms with Crippen LogP contribution in [0, 0.1) is 24.0 Å². The predicted octanol–water partition coefficient (Wildman–Crippen LogP) is 3.57. The molecule has 0 amide bonds. The molecule has 0 aromatic heterocycles. The highest BCUT2D eigenvalue weighted by atomic mass is 32.2. The lowest BCUT2D eigenvalue weighted by atomic mass is 10.1. The Morgan fingerprint density at radius 2 is 1.70 bits per heavy atom. The molecular weight excluding hydrogens is 316 g/mol. The van der Waals surface area contributed by atoms with Crippen molar-refractivity contribution in [3.05, 3.63) is 63.2 Å². The summed E-state index contributed by atoms with van der Waals surface area (Å²) in [5, 5.41) is 11.2. The predicted molar refractivity (Wildman–Crippen MR) is 89.2 cm³/mol. The van der Waals surface area contributed by atoms with E-state index in [4.69, 9.17) is 0 Å². The minimum absolute atomic E-state index is 0.296. The van der Waals surface area contributed by atoms with Gasteiger partial charge in [0.1, 0.15) is 0 Å². The first kappa shape index (κ1) is 17.0. The van der Waals surface area contributed by atoms with Crippen LogP contribution in [-0.4, -0.2) is 13.3 Å². The molecule has 2 aromatic rings. The van der Waals surface area contributed by atoms with Gasteiger partial charge in [-0.05, 0) is 37.0 Å². The van der Waals surface area contributed by atoms with E-state index in [1.54, 1.807) is 26.0 Å². The molecule has 0 bridgehead atoms. The van der Waals surface area contributed by atoms with E-state index in [0.717, 1.165) is 11.1 Å². The minimum atomic E-state index is -4.07. The van der Waals surface area contributed by atoms with Crippen LogP contribution in [0.5, 0.6) is 0 Å².